The summed E-state index contributed by atoms with van der Waals surface area (Å²) in [5.74, 6) is 0.851. The minimum Gasteiger partial charge on any atom is -0.355 e. The molecule has 3 rings (SSSR count). The van der Waals surface area contributed by atoms with E-state index in [4.69, 9.17) is 4.52 Å². The molecule has 3 aromatic rings. The number of aryl methyl sites for hydroxylation is 2. The van der Waals surface area contributed by atoms with Crippen molar-refractivity contribution in [1.82, 2.24) is 5.16 Å². The summed E-state index contributed by atoms with van der Waals surface area (Å²) in [6.07, 6.45) is 0. The average Bonchev–Trinajstić information content (AvgIpc) is 2.73. The van der Waals surface area contributed by atoms with Crippen LogP contribution in [0.3, 0.4) is 0 Å². The number of aromatic nitrogens is 1. The van der Waals surface area contributed by atoms with E-state index in [1.165, 1.54) is 11.1 Å². The Morgan fingerprint density at radius 2 is 1.59 bits per heavy atom. The predicted molar refractivity (Wildman–Crippen MR) is 68.9 cm³/mol. The molecule has 0 unspecified atom stereocenters. The highest BCUT2D eigenvalue weighted by atomic mass is 16.5. The summed E-state index contributed by atoms with van der Waals surface area (Å²) in [5, 5.41) is 5.16. The lowest BCUT2D eigenvalue weighted by atomic mass is 10.1. The van der Waals surface area contributed by atoms with E-state index in [-0.39, 0.29) is 0 Å². The van der Waals surface area contributed by atoms with Crippen LogP contribution in [0.25, 0.3) is 22.2 Å². The highest BCUT2D eigenvalue weighted by Gasteiger charge is 2.10. The maximum absolute atomic E-state index is 5.45. The molecule has 84 valence electrons. The van der Waals surface area contributed by atoms with Crippen LogP contribution in [0.15, 0.2) is 47.0 Å². The topological polar surface area (TPSA) is 26.0 Å². The van der Waals surface area contributed by atoms with Crippen molar-refractivity contribution >= 4 is 10.9 Å². The lowest BCUT2D eigenvalue weighted by Crippen LogP contribution is -1.77. The van der Waals surface area contributed by atoms with E-state index in [1.54, 1.807) is 0 Å². The molecule has 0 amide bonds. The van der Waals surface area contributed by atoms with Crippen LogP contribution < -0.4 is 0 Å². The van der Waals surface area contributed by atoms with Gasteiger partial charge in [0.1, 0.15) is 5.52 Å². The smallest absolute Gasteiger partial charge is 0.174 e. The van der Waals surface area contributed by atoms with Gasteiger partial charge in [-0.05, 0) is 26.0 Å². The molecule has 0 saturated heterocycles. The Bertz CT molecular complexity index is 665. The van der Waals surface area contributed by atoms with Crippen molar-refractivity contribution in [3.63, 3.8) is 0 Å². The molecular weight excluding hydrogens is 210 g/mol. The first-order chi connectivity index (χ1) is 8.24. The average molecular weight is 223 g/mol. The Balaban J connectivity index is 2.23. The van der Waals surface area contributed by atoms with Gasteiger partial charge in [0.15, 0.2) is 5.76 Å². The van der Waals surface area contributed by atoms with Crippen LogP contribution in [0, 0.1) is 13.8 Å². The number of fused-ring (bicyclic) bond motifs is 1. The molecule has 0 aliphatic rings. The highest BCUT2D eigenvalue weighted by molar-refractivity contribution is 5.91. The zero-order chi connectivity index (χ0) is 11.8. The van der Waals surface area contributed by atoms with Crippen molar-refractivity contribution in [1.29, 1.82) is 0 Å². The fourth-order valence-corrected chi connectivity index (χ4v) is 1.97. The zero-order valence-electron chi connectivity index (χ0n) is 9.90. The van der Waals surface area contributed by atoms with Crippen molar-refractivity contribution in [3.05, 3.63) is 53.6 Å². The molecule has 0 fully saturated rings. The van der Waals surface area contributed by atoms with E-state index < -0.39 is 0 Å². The van der Waals surface area contributed by atoms with Crippen LogP contribution >= 0.6 is 0 Å². The lowest BCUT2D eigenvalue weighted by molar-refractivity contribution is 0.441. The minimum atomic E-state index is 0.851. The fraction of sp³-hybridized carbons (Fsp3) is 0.133. The molecule has 0 saturated carbocycles. The molecule has 2 heteroatoms. The second-order valence-electron chi connectivity index (χ2n) is 4.40. The Morgan fingerprint density at radius 3 is 2.35 bits per heavy atom. The molecule has 0 aliphatic heterocycles. The quantitative estimate of drug-likeness (QED) is 0.620. The largest absolute Gasteiger partial charge is 0.355 e. The highest BCUT2D eigenvalue weighted by Crippen LogP contribution is 2.29. The summed E-state index contributed by atoms with van der Waals surface area (Å²) < 4.78 is 5.45. The maximum Gasteiger partial charge on any atom is 0.174 e. The van der Waals surface area contributed by atoms with E-state index in [0.29, 0.717) is 0 Å². The maximum atomic E-state index is 5.45. The first-order valence-corrected chi connectivity index (χ1v) is 5.67. The van der Waals surface area contributed by atoms with Crippen LogP contribution in [0.2, 0.25) is 0 Å². The third kappa shape index (κ3) is 1.72. The molecule has 1 heterocycles. The lowest BCUT2D eigenvalue weighted by Gasteiger charge is -1.98. The van der Waals surface area contributed by atoms with Crippen LogP contribution in [-0.2, 0) is 0 Å². The molecule has 0 aliphatic carbocycles. The summed E-state index contributed by atoms with van der Waals surface area (Å²) in [4.78, 5) is 0. The summed E-state index contributed by atoms with van der Waals surface area (Å²) in [6, 6.07) is 14.4. The minimum absolute atomic E-state index is 0.851. The van der Waals surface area contributed by atoms with Gasteiger partial charge in [-0.25, -0.2) is 0 Å². The van der Waals surface area contributed by atoms with E-state index in [0.717, 1.165) is 22.2 Å². The number of benzene rings is 2. The van der Waals surface area contributed by atoms with Gasteiger partial charge in [-0.1, -0.05) is 46.6 Å². The van der Waals surface area contributed by atoms with Crippen LogP contribution in [-0.4, -0.2) is 5.16 Å². The number of rotatable bonds is 1. The summed E-state index contributed by atoms with van der Waals surface area (Å²) in [6.45, 7) is 4.15. The van der Waals surface area contributed by atoms with Crippen molar-refractivity contribution < 1.29 is 4.52 Å². The number of hydrogen-bond acceptors (Lipinski definition) is 2. The van der Waals surface area contributed by atoms with Crippen LogP contribution in [0.5, 0.6) is 0 Å². The summed E-state index contributed by atoms with van der Waals surface area (Å²) >= 11 is 0. The van der Waals surface area contributed by atoms with Crippen molar-refractivity contribution in [3.8, 4) is 11.3 Å². The first-order valence-electron chi connectivity index (χ1n) is 5.67. The molecule has 0 radical (unpaired) electrons. The Hall–Kier alpha value is -2.09. The normalized spacial score (nSPS) is 10.9. The van der Waals surface area contributed by atoms with Crippen LogP contribution in [0.1, 0.15) is 11.1 Å². The van der Waals surface area contributed by atoms with Crippen molar-refractivity contribution in [2.24, 2.45) is 0 Å². The molecule has 0 bridgehead atoms. The molecule has 2 aromatic carbocycles. The van der Waals surface area contributed by atoms with Gasteiger partial charge in [-0.3, -0.25) is 0 Å². The van der Waals surface area contributed by atoms with E-state index in [1.807, 2.05) is 12.1 Å². The van der Waals surface area contributed by atoms with Gasteiger partial charge in [0.25, 0.3) is 0 Å². The summed E-state index contributed by atoms with van der Waals surface area (Å²) in [7, 11) is 0. The molecule has 2 nitrogen and oxygen atoms in total. The van der Waals surface area contributed by atoms with Gasteiger partial charge >= 0.3 is 0 Å². The van der Waals surface area contributed by atoms with Gasteiger partial charge < -0.3 is 4.52 Å². The predicted octanol–water partition coefficient (Wildman–Crippen LogP) is 4.11. The Morgan fingerprint density at radius 1 is 0.882 bits per heavy atom. The second kappa shape index (κ2) is 3.74. The summed E-state index contributed by atoms with van der Waals surface area (Å²) in [5.41, 5.74) is 4.44. The monoisotopic (exact) mass is 223 g/mol. The van der Waals surface area contributed by atoms with Crippen molar-refractivity contribution in [2.45, 2.75) is 13.8 Å². The Kier molecular flexibility index (Phi) is 2.22. The standard InChI is InChI=1S/C15H13NO/c1-10-3-6-12(7-4-10)15-13-9-11(2)5-8-14(13)16-17-15/h3-9H,1-2H3. The SMILES string of the molecule is Cc1ccc(-c2onc3ccc(C)cc23)cc1. The van der Waals surface area contributed by atoms with Gasteiger partial charge in [0.05, 0.1) is 0 Å². The third-order valence-corrected chi connectivity index (χ3v) is 2.95. The number of hydrogen-bond donors (Lipinski definition) is 0. The Labute approximate surface area is 99.9 Å². The second-order valence-corrected chi connectivity index (χ2v) is 4.40. The molecule has 0 atom stereocenters. The zero-order valence-corrected chi connectivity index (χ0v) is 9.90. The van der Waals surface area contributed by atoms with E-state index in [2.05, 4.69) is 49.3 Å². The van der Waals surface area contributed by atoms with Gasteiger partial charge in [0.2, 0.25) is 0 Å². The molecule has 1 aromatic heterocycles. The van der Waals surface area contributed by atoms with Gasteiger partial charge in [-0.2, -0.15) is 0 Å². The van der Waals surface area contributed by atoms with E-state index >= 15 is 0 Å². The van der Waals surface area contributed by atoms with Gasteiger partial charge in [0, 0.05) is 10.9 Å². The first kappa shape index (κ1) is 10.1. The number of nitrogens with zero attached hydrogens (tertiary/aromatic N) is 1. The van der Waals surface area contributed by atoms with Crippen molar-refractivity contribution in [2.75, 3.05) is 0 Å². The van der Waals surface area contributed by atoms with Gasteiger partial charge in [-0.15, -0.1) is 0 Å². The van der Waals surface area contributed by atoms with E-state index in [9.17, 15) is 0 Å². The molecule has 0 N–H and O–H groups in total. The van der Waals surface area contributed by atoms with Crippen LogP contribution in [0.4, 0.5) is 0 Å². The fourth-order valence-electron chi connectivity index (χ4n) is 1.97. The molecule has 17 heavy (non-hydrogen) atoms. The molecule has 0 spiro atoms. The molecular formula is C15H13NO. The third-order valence-electron chi connectivity index (χ3n) is 2.95.